The number of amides is 1. The first-order valence-corrected chi connectivity index (χ1v) is 11.4. The quantitative estimate of drug-likeness (QED) is 0.707. The number of hydrogen-bond acceptors (Lipinski definition) is 5. The number of carbonyl (C=O) groups is 1. The number of thiophene rings is 1. The van der Waals surface area contributed by atoms with Crippen molar-refractivity contribution in [2.75, 3.05) is 50.7 Å². The van der Waals surface area contributed by atoms with E-state index in [1.165, 1.54) is 11.3 Å². The summed E-state index contributed by atoms with van der Waals surface area (Å²) in [5.74, 6) is 1.81. The first kappa shape index (κ1) is 20.1. The Morgan fingerprint density at radius 2 is 2.03 bits per heavy atom. The van der Waals surface area contributed by atoms with Gasteiger partial charge in [0.15, 0.2) is 0 Å². The molecule has 4 rings (SSSR count). The van der Waals surface area contributed by atoms with Gasteiger partial charge in [-0.25, -0.2) is 4.98 Å². The highest BCUT2D eigenvalue weighted by molar-refractivity contribution is 7.12. The van der Waals surface area contributed by atoms with E-state index in [4.69, 9.17) is 0 Å². The van der Waals surface area contributed by atoms with E-state index in [1.807, 2.05) is 23.2 Å². The van der Waals surface area contributed by atoms with Crippen molar-refractivity contribution in [3.8, 4) is 0 Å². The molecule has 4 heterocycles. The van der Waals surface area contributed by atoms with Gasteiger partial charge in [0.05, 0.1) is 0 Å². The van der Waals surface area contributed by atoms with Crippen LogP contribution in [0.4, 0.5) is 5.82 Å². The fraction of sp³-hybridized carbons (Fsp3) is 0.478. The number of pyridine rings is 1. The Morgan fingerprint density at radius 1 is 1.17 bits per heavy atom. The van der Waals surface area contributed by atoms with Crippen LogP contribution in [-0.4, -0.2) is 66.5 Å². The first-order valence-electron chi connectivity index (χ1n) is 10.6. The second-order valence-corrected chi connectivity index (χ2v) is 9.37. The van der Waals surface area contributed by atoms with Gasteiger partial charge in [-0.15, -0.1) is 11.3 Å². The van der Waals surface area contributed by atoms with Gasteiger partial charge in [-0.3, -0.25) is 9.69 Å². The van der Waals surface area contributed by atoms with Gasteiger partial charge in [-0.1, -0.05) is 6.07 Å². The maximum absolute atomic E-state index is 12.6. The zero-order valence-corrected chi connectivity index (χ0v) is 18.0. The largest absolute Gasteiger partial charge is 0.354 e. The lowest BCUT2D eigenvalue weighted by Crippen LogP contribution is -2.50. The van der Waals surface area contributed by atoms with Crippen LogP contribution in [0.3, 0.4) is 0 Å². The lowest BCUT2D eigenvalue weighted by molar-refractivity contribution is -0.127. The summed E-state index contributed by atoms with van der Waals surface area (Å²) in [4.78, 5) is 26.5. The normalized spacial score (nSPS) is 21.1. The van der Waals surface area contributed by atoms with E-state index >= 15 is 0 Å². The summed E-state index contributed by atoms with van der Waals surface area (Å²) in [6.07, 6.45) is 7.90. The van der Waals surface area contributed by atoms with Gasteiger partial charge < -0.3 is 9.80 Å². The molecular formula is C23H30N4OS. The molecule has 0 bridgehead atoms. The summed E-state index contributed by atoms with van der Waals surface area (Å²) in [6.45, 7) is 9.13. The van der Waals surface area contributed by atoms with Crippen molar-refractivity contribution < 1.29 is 4.79 Å². The van der Waals surface area contributed by atoms with Gasteiger partial charge in [0.2, 0.25) is 5.91 Å². The molecule has 5 nitrogen and oxygen atoms in total. The average molecular weight is 411 g/mol. The van der Waals surface area contributed by atoms with Crippen LogP contribution in [0.1, 0.15) is 22.6 Å². The van der Waals surface area contributed by atoms with Gasteiger partial charge >= 0.3 is 0 Å². The summed E-state index contributed by atoms with van der Waals surface area (Å²) in [5, 5.41) is 0. The highest BCUT2D eigenvalue weighted by Gasteiger charge is 2.26. The molecule has 6 heteroatoms. The topological polar surface area (TPSA) is 39.7 Å². The van der Waals surface area contributed by atoms with Crippen molar-refractivity contribution in [2.45, 2.75) is 19.8 Å². The zero-order chi connectivity index (χ0) is 20.1. The number of piperazine rings is 1. The van der Waals surface area contributed by atoms with E-state index in [2.05, 4.69) is 46.0 Å². The van der Waals surface area contributed by atoms with Crippen LogP contribution in [0.5, 0.6) is 0 Å². The fourth-order valence-corrected chi connectivity index (χ4v) is 5.06. The van der Waals surface area contributed by atoms with Crippen LogP contribution < -0.4 is 4.90 Å². The Bertz CT molecular complexity index is 826. The third-order valence-corrected chi connectivity index (χ3v) is 6.81. The van der Waals surface area contributed by atoms with Gasteiger partial charge in [0, 0.05) is 67.8 Å². The minimum absolute atomic E-state index is 0.153. The van der Waals surface area contributed by atoms with Crippen molar-refractivity contribution in [1.82, 2.24) is 14.8 Å². The lowest BCUT2D eigenvalue weighted by Gasteiger charge is -2.39. The number of piperidine rings is 1. The molecule has 1 unspecified atom stereocenters. The van der Waals surface area contributed by atoms with E-state index in [0.29, 0.717) is 5.92 Å². The number of anilines is 1. The van der Waals surface area contributed by atoms with Crippen molar-refractivity contribution in [1.29, 1.82) is 0 Å². The van der Waals surface area contributed by atoms with E-state index in [-0.39, 0.29) is 5.91 Å². The molecule has 1 atom stereocenters. The Morgan fingerprint density at radius 3 is 2.76 bits per heavy atom. The molecule has 2 fully saturated rings. The van der Waals surface area contributed by atoms with Crippen LogP contribution in [0.15, 0.2) is 42.6 Å². The van der Waals surface area contributed by atoms with E-state index in [0.717, 1.165) is 62.9 Å². The van der Waals surface area contributed by atoms with Gasteiger partial charge in [-0.2, -0.15) is 0 Å². The molecule has 0 spiro atoms. The molecule has 0 saturated carbocycles. The molecule has 2 aromatic heterocycles. The van der Waals surface area contributed by atoms with Crippen LogP contribution in [-0.2, 0) is 4.79 Å². The van der Waals surface area contributed by atoms with Gasteiger partial charge in [0.1, 0.15) is 5.82 Å². The number of rotatable bonds is 5. The van der Waals surface area contributed by atoms with Crippen LogP contribution in [0, 0.1) is 12.8 Å². The molecule has 0 radical (unpaired) electrons. The Kier molecular flexibility index (Phi) is 6.62. The van der Waals surface area contributed by atoms with Crippen molar-refractivity contribution in [3.63, 3.8) is 0 Å². The van der Waals surface area contributed by atoms with Gasteiger partial charge in [0.25, 0.3) is 0 Å². The molecule has 2 aliphatic heterocycles. The molecule has 2 aromatic rings. The van der Waals surface area contributed by atoms with Crippen LogP contribution in [0.25, 0.3) is 6.08 Å². The second-order valence-electron chi connectivity index (χ2n) is 8.05. The number of nitrogens with zero attached hydrogens (tertiary/aromatic N) is 4. The Balaban J connectivity index is 1.25. The van der Waals surface area contributed by atoms with Crippen molar-refractivity contribution in [3.05, 3.63) is 52.4 Å². The van der Waals surface area contributed by atoms with E-state index in [1.54, 1.807) is 17.4 Å². The fourth-order valence-electron chi connectivity index (χ4n) is 4.28. The summed E-state index contributed by atoms with van der Waals surface area (Å²) in [7, 11) is 0. The summed E-state index contributed by atoms with van der Waals surface area (Å²) in [6, 6.07) is 10.3. The number of aromatic nitrogens is 1. The minimum atomic E-state index is 0.153. The monoisotopic (exact) mass is 410 g/mol. The molecule has 2 aliphatic rings. The van der Waals surface area contributed by atoms with E-state index < -0.39 is 0 Å². The number of aryl methyl sites for hydroxylation is 1. The molecular weight excluding hydrogens is 380 g/mol. The number of hydrogen-bond donors (Lipinski definition) is 0. The third kappa shape index (κ3) is 5.46. The predicted octanol–water partition coefficient (Wildman–Crippen LogP) is 3.53. The molecule has 29 heavy (non-hydrogen) atoms. The molecule has 2 saturated heterocycles. The smallest absolute Gasteiger partial charge is 0.246 e. The van der Waals surface area contributed by atoms with Crippen LogP contribution >= 0.6 is 11.3 Å². The number of carbonyl (C=O) groups excluding carboxylic acids is 1. The highest BCUT2D eigenvalue weighted by Crippen LogP contribution is 2.21. The average Bonchev–Trinajstić information content (AvgIpc) is 3.18. The van der Waals surface area contributed by atoms with Crippen molar-refractivity contribution >= 4 is 29.1 Å². The molecule has 154 valence electrons. The van der Waals surface area contributed by atoms with Crippen molar-refractivity contribution in [2.24, 2.45) is 5.92 Å². The second kappa shape index (κ2) is 9.55. The number of likely N-dealkylation sites (tertiary alicyclic amines) is 1. The first-order chi connectivity index (χ1) is 14.2. The van der Waals surface area contributed by atoms with Gasteiger partial charge in [-0.05, 0) is 56.0 Å². The predicted molar refractivity (Wildman–Crippen MR) is 120 cm³/mol. The maximum Gasteiger partial charge on any atom is 0.246 e. The van der Waals surface area contributed by atoms with E-state index in [9.17, 15) is 4.79 Å². The Hall–Kier alpha value is -2.18. The zero-order valence-electron chi connectivity index (χ0n) is 17.2. The molecule has 0 aliphatic carbocycles. The Labute approximate surface area is 177 Å². The third-order valence-electron chi connectivity index (χ3n) is 5.84. The maximum atomic E-state index is 12.6. The minimum Gasteiger partial charge on any atom is -0.354 e. The summed E-state index contributed by atoms with van der Waals surface area (Å²) >= 11 is 1.73. The summed E-state index contributed by atoms with van der Waals surface area (Å²) in [5.41, 5.74) is 0. The standard InChI is InChI=1S/C23H30N4OS/c1-19-7-8-21(29-19)9-10-23(28)27-12-4-5-20(18-27)17-25-13-15-26(16-14-25)22-6-2-3-11-24-22/h2-3,6-11,20H,4-5,12-18H2,1H3/b10-9+. The molecule has 1 amide bonds. The molecule has 0 aromatic carbocycles. The highest BCUT2D eigenvalue weighted by atomic mass is 32.1. The van der Waals surface area contributed by atoms with Crippen LogP contribution in [0.2, 0.25) is 0 Å². The SMILES string of the molecule is Cc1ccc(/C=C/C(=O)N2CCCC(CN3CCN(c4ccccn4)CC3)C2)s1. The summed E-state index contributed by atoms with van der Waals surface area (Å²) < 4.78 is 0. The molecule has 0 N–H and O–H groups in total. The lowest BCUT2D eigenvalue weighted by atomic mass is 9.97.